The van der Waals surface area contributed by atoms with Crippen molar-refractivity contribution in [2.24, 2.45) is 0 Å². The molecule has 0 aliphatic heterocycles. The molecular weight excluding hydrogens is 247 g/mol. The van der Waals surface area contributed by atoms with Gasteiger partial charge in [-0.1, -0.05) is 11.6 Å². The number of ether oxygens (including phenoxy) is 1. The van der Waals surface area contributed by atoms with Gasteiger partial charge in [-0.2, -0.15) is 9.97 Å². The fraction of sp³-hybridized carbons (Fsp3) is 0. The second-order valence-electron chi connectivity index (χ2n) is 3.17. The Kier molecular flexibility index (Phi) is 2.97. The van der Waals surface area contributed by atoms with Crippen molar-refractivity contribution in [1.82, 2.24) is 9.97 Å². The lowest BCUT2D eigenvalue weighted by Gasteiger charge is -2.06. The molecule has 0 saturated heterocycles. The summed E-state index contributed by atoms with van der Waals surface area (Å²) in [5, 5.41) is -0.0440. The summed E-state index contributed by atoms with van der Waals surface area (Å²) in [6.07, 6.45) is 0. The van der Waals surface area contributed by atoms with E-state index < -0.39 is 5.82 Å². The number of rotatable bonds is 2. The van der Waals surface area contributed by atoms with Gasteiger partial charge in [0, 0.05) is 12.1 Å². The maximum absolute atomic E-state index is 12.9. The second-order valence-corrected chi connectivity index (χ2v) is 3.57. The standard InChI is InChI=1S/C10H8ClFN4O/c11-6-3-5(1-2-7(6)12)17-9-4-8(13)15-10(14)16-9/h1-4H,(H4,13,14,15,16). The summed E-state index contributed by atoms with van der Waals surface area (Å²) >= 11 is 5.61. The van der Waals surface area contributed by atoms with Crippen molar-refractivity contribution in [1.29, 1.82) is 0 Å². The van der Waals surface area contributed by atoms with E-state index in [0.717, 1.165) is 0 Å². The molecule has 1 aromatic heterocycles. The van der Waals surface area contributed by atoms with Gasteiger partial charge in [0.25, 0.3) is 0 Å². The van der Waals surface area contributed by atoms with E-state index in [4.69, 9.17) is 27.8 Å². The molecule has 0 atom stereocenters. The highest BCUT2D eigenvalue weighted by molar-refractivity contribution is 6.30. The van der Waals surface area contributed by atoms with Crippen LogP contribution in [0.2, 0.25) is 5.02 Å². The highest BCUT2D eigenvalue weighted by Crippen LogP contribution is 2.25. The fourth-order valence-corrected chi connectivity index (χ4v) is 1.35. The first-order chi connectivity index (χ1) is 8.04. The Hall–Kier alpha value is -2.08. The second kappa shape index (κ2) is 4.42. The van der Waals surface area contributed by atoms with Gasteiger partial charge in [-0.15, -0.1) is 0 Å². The number of anilines is 2. The van der Waals surface area contributed by atoms with E-state index in [0.29, 0.717) is 5.75 Å². The van der Waals surface area contributed by atoms with Crippen LogP contribution in [0.15, 0.2) is 24.3 Å². The summed E-state index contributed by atoms with van der Waals surface area (Å²) in [4.78, 5) is 7.49. The minimum absolute atomic E-state index is 0.00629. The van der Waals surface area contributed by atoms with Gasteiger partial charge >= 0.3 is 0 Å². The van der Waals surface area contributed by atoms with Crippen molar-refractivity contribution in [2.45, 2.75) is 0 Å². The fourth-order valence-electron chi connectivity index (χ4n) is 1.17. The number of nitrogens with zero attached hydrogens (tertiary/aromatic N) is 2. The molecule has 0 radical (unpaired) electrons. The molecule has 17 heavy (non-hydrogen) atoms. The molecule has 2 aromatic rings. The Labute approximate surface area is 101 Å². The third-order valence-corrected chi connectivity index (χ3v) is 2.14. The normalized spacial score (nSPS) is 10.2. The van der Waals surface area contributed by atoms with Gasteiger partial charge in [-0.3, -0.25) is 0 Å². The number of nitrogen functional groups attached to an aromatic ring is 2. The molecule has 2 rings (SSSR count). The molecule has 88 valence electrons. The average Bonchev–Trinajstić information content (AvgIpc) is 2.22. The maximum Gasteiger partial charge on any atom is 0.226 e. The first kappa shape index (κ1) is 11.4. The number of nitrogens with two attached hydrogens (primary N) is 2. The van der Waals surface area contributed by atoms with Crippen LogP contribution in [0.1, 0.15) is 0 Å². The lowest BCUT2D eigenvalue weighted by molar-refractivity contribution is 0.461. The number of benzene rings is 1. The highest BCUT2D eigenvalue weighted by Gasteiger charge is 2.05. The van der Waals surface area contributed by atoms with E-state index in [1.54, 1.807) is 0 Å². The Morgan fingerprint density at radius 2 is 1.94 bits per heavy atom. The molecule has 0 saturated carbocycles. The average molecular weight is 255 g/mol. The molecule has 0 bridgehead atoms. The first-order valence-electron chi connectivity index (χ1n) is 4.57. The van der Waals surface area contributed by atoms with Crippen molar-refractivity contribution in [3.63, 3.8) is 0 Å². The molecule has 7 heteroatoms. The largest absolute Gasteiger partial charge is 0.439 e. The van der Waals surface area contributed by atoms with Gasteiger partial charge < -0.3 is 16.2 Å². The zero-order chi connectivity index (χ0) is 12.4. The van der Waals surface area contributed by atoms with Crippen LogP contribution in [0.3, 0.4) is 0 Å². The lowest BCUT2D eigenvalue weighted by Crippen LogP contribution is -2.00. The molecule has 0 aliphatic rings. The van der Waals surface area contributed by atoms with Crippen LogP contribution < -0.4 is 16.2 Å². The van der Waals surface area contributed by atoms with Crippen LogP contribution in [0, 0.1) is 5.82 Å². The molecule has 4 N–H and O–H groups in total. The predicted molar refractivity (Wildman–Crippen MR) is 62.3 cm³/mol. The van der Waals surface area contributed by atoms with Crippen LogP contribution in [0.4, 0.5) is 16.2 Å². The Morgan fingerprint density at radius 3 is 2.59 bits per heavy atom. The van der Waals surface area contributed by atoms with Gasteiger partial charge in [-0.05, 0) is 12.1 Å². The predicted octanol–water partition coefficient (Wildman–Crippen LogP) is 2.23. The monoisotopic (exact) mass is 254 g/mol. The van der Waals surface area contributed by atoms with Crippen LogP contribution in [-0.2, 0) is 0 Å². The Balaban J connectivity index is 2.28. The molecule has 0 amide bonds. The summed E-state index contributed by atoms with van der Waals surface area (Å²) in [5.41, 5.74) is 10.9. The van der Waals surface area contributed by atoms with Crippen molar-refractivity contribution in [3.8, 4) is 11.6 Å². The van der Waals surface area contributed by atoms with E-state index in [-0.39, 0.29) is 22.7 Å². The zero-order valence-electron chi connectivity index (χ0n) is 8.52. The lowest BCUT2D eigenvalue weighted by atomic mass is 10.3. The molecule has 1 heterocycles. The Bertz CT molecular complexity index is 544. The smallest absolute Gasteiger partial charge is 0.226 e. The quantitative estimate of drug-likeness (QED) is 0.858. The number of halogens is 2. The van der Waals surface area contributed by atoms with E-state index in [2.05, 4.69) is 9.97 Å². The summed E-state index contributed by atoms with van der Waals surface area (Å²) in [6.45, 7) is 0. The van der Waals surface area contributed by atoms with Crippen LogP contribution in [-0.4, -0.2) is 9.97 Å². The van der Waals surface area contributed by atoms with Gasteiger partial charge in [0.2, 0.25) is 11.8 Å². The van der Waals surface area contributed by atoms with Crippen LogP contribution >= 0.6 is 11.6 Å². The molecule has 1 aromatic carbocycles. The third-order valence-electron chi connectivity index (χ3n) is 1.85. The van der Waals surface area contributed by atoms with E-state index in [9.17, 15) is 4.39 Å². The van der Waals surface area contributed by atoms with Crippen LogP contribution in [0.5, 0.6) is 11.6 Å². The molecule has 0 aliphatic carbocycles. The summed E-state index contributed by atoms with van der Waals surface area (Å²) in [7, 11) is 0. The zero-order valence-corrected chi connectivity index (χ0v) is 9.28. The van der Waals surface area contributed by atoms with Crippen molar-refractivity contribution < 1.29 is 9.13 Å². The van der Waals surface area contributed by atoms with Crippen molar-refractivity contribution >= 4 is 23.4 Å². The van der Waals surface area contributed by atoms with Gasteiger partial charge in [0.05, 0.1) is 5.02 Å². The summed E-state index contributed by atoms with van der Waals surface area (Å²) in [5.74, 6) is 0.140. The van der Waals surface area contributed by atoms with E-state index >= 15 is 0 Å². The molecule has 0 unspecified atom stereocenters. The van der Waals surface area contributed by atoms with E-state index in [1.165, 1.54) is 24.3 Å². The first-order valence-corrected chi connectivity index (χ1v) is 4.95. The minimum atomic E-state index is -0.527. The van der Waals surface area contributed by atoms with E-state index in [1.807, 2.05) is 0 Å². The summed E-state index contributed by atoms with van der Waals surface area (Å²) < 4.78 is 18.2. The van der Waals surface area contributed by atoms with Gasteiger partial charge in [0.15, 0.2) is 0 Å². The minimum Gasteiger partial charge on any atom is -0.439 e. The topological polar surface area (TPSA) is 87.0 Å². The summed E-state index contributed by atoms with van der Waals surface area (Å²) in [6, 6.07) is 5.32. The van der Waals surface area contributed by atoms with Gasteiger partial charge in [0.1, 0.15) is 17.4 Å². The van der Waals surface area contributed by atoms with Crippen molar-refractivity contribution in [3.05, 3.63) is 35.1 Å². The number of hydrogen-bond acceptors (Lipinski definition) is 5. The molecule has 5 nitrogen and oxygen atoms in total. The van der Waals surface area contributed by atoms with Gasteiger partial charge in [-0.25, -0.2) is 4.39 Å². The highest BCUT2D eigenvalue weighted by atomic mass is 35.5. The molecule has 0 spiro atoms. The van der Waals surface area contributed by atoms with Crippen molar-refractivity contribution in [2.75, 3.05) is 11.5 Å². The van der Waals surface area contributed by atoms with Crippen LogP contribution in [0.25, 0.3) is 0 Å². The third kappa shape index (κ3) is 2.73. The number of aromatic nitrogens is 2. The molecule has 0 fully saturated rings. The molecular formula is C10H8ClFN4O. The Morgan fingerprint density at radius 1 is 1.18 bits per heavy atom. The number of hydrogen-bond donors (Lipinski definition) is 2. The maximum atomic E-state index is 12.9. The SMILES string of the molecule is Nc1cc(Oc2ccc(F)c(Cl)c2)nc(N)n1.